The smallest absolute Gasteiger partial charge is 0.254 e. The van der Waals surface area contributed by atoms with Crippen molar-refractivity contribution in [1.29, 1.82) is 0 Å². The molecule has 2 aromatic rings. The van der Waals surface area contributed by atoms with Crippen molar-refractivity contribution in [2.75, 3.05) is 19.6 Å². The molecule has 7 nitrogen and oxygen atoms in total. The number of amides is 2. The maximum absolute atomic E-state index is 12.7. The van der Waals surface area contributed by atoms with E-state index < -0.39 is 0 Å². The van der Waals surface area contributed by atoms with E-state index in [1.165, 1.54) is 0 Å². The zero-order chi connectivity index (χ0) is 21.4. The van der Waals surface area contributed by atoms with Crippen LogP contribution in [0.15, 0.2) is 35.1 Å². The molecule has 0 unspecified atom stereocenters. The summed E-state index contributed by atoms with van der Waals surface area (Å²) in [5, 5.41) is 0. The Labute approximate surface area is 181 Å². The first kappa shape index (κ1) is 20.0. The number of nitrogens with zero attached hydrogens (tertiary/aromatic N) is 3. The van der Waals surface area contributed by atoms with Gasteiger partial charge in [-0.3, -0.25) is 14.4 Å². The second-order valence-electron chi connectivity index (χ2n) is 8.97. The highest BCUT2D eigenvalue weighted by atomic mass is 16.2. The van der Waals surface area contributed by atoms with Crippen molar-refractivity contribution < 1.29 is 9.59 Å². The average Bonchev–Trinajstić information content (AvgIpc) is 3.53. The number of likely N-dealkylation sites (tertiary alicyclic amines) is 1. The van der Waals surface area contributed by atoms with Gasteiger partial charge in [-0.05, 0) is 37.7 Å². The number of rotatable bonds is 5. The molecule has 0 spiro atoms. The van der Waals surface area contributed by atoms with Crippen molar-refractivity contribution in [3.05, 3.63) is 63.3 Å². The van der Waals surface area contributed by atoms with E-state index in [0.29, 0.717) is 50.4 Å². The summed E-state index contributed by atoms with van der Waals surface area (Å²) in [6.45, 7) is 2.29. The number of nitrogens with one attached hydrogen (secondary N) is 1. The highest BCUT2D eigenvalue weighted by Crippen LogP contribution is 2.32. The van der Waals surface area contributed by atoms with E-state index in [0.717, 1.165) is 36.9 Å². The summed E-state index contributed by atoms with van der Waals surface area (Å²) in [7, 11) is 0. The summed E-state index contributed by atoms with van der Waals surface area (Å²) < 4.78 is 0. The molecule has 7 heteroatoms. The van der Waals surface area contributed by atoms with Gasteiger partial charge in [0, 0.05) is 43.5 Å². The lowest BCUT2D eigenvalue weighted by Crippen LogP contribution is -2.40. The molecule has 0 radical (unpaired) electrons. The number of aryl methyl sites for hydroxylation is 1. The molecule has 0 bridgehead atoms. The predicted molar refractivity (Wildman–Crippen MR) is 115 cm³/mol. The minimum absolute atomic E-state index is 0.0354. The van der Waals surface area contributed by atoms with Crippen LogP contribution in [0, 0.1) is 5.92 Å². The Morgan fingerprint density at radius 2 is 1.87 bits per heavy atom. The second-order valence-corrected chi connectivity index (χ2v) is 8.97. The van der Waals surface area contributed by atoms with Crippen molar-refractivity contribution in [3.8, 4) is 0 Å². The van der Waals surface area contributed by atoms with Crippen LogP contribution in [-0.2, 0) is 29.0 Å². The number of aromatic nitrogens is 2. The first-order valence-electron chi connectivity index (χ1n) is 11.3. The van der Waals surface area contributed by atoms with Gasteiger partial charge < -0.3 is 14.8 Å². The third-order valence-corrected chi connectivity index (χ3v) is 6.73. The van der Waals surface area contributed by atoms with Crippen molar-refractivity contribution >= 4 is 11.8 Å². The van der Waals surface area contributed by atoms with Gasteiger partial charge in [0.1, 0.15) is 5.82 Å². The molecule has 1 N–H and O–H groups in total. The summed E-state index contributed by atoms with van der Waals surface area (Å²) in [4.78, 5) is 49.2. The van der Waals surface area contributed by atoms with E-state index in [2.05, 4.69) is 4.98 Å². The van der Waals surface area contributed by atoms with E-state index in [4.69, 9.17) is 4.98 Å². The molecule has 5 rings (SSSR count). The number of fused-ring (bicyclic) bond motifs is 1. The standard InChI is InChI=1S/C24H28N4O3/c29-21(9-6-16-4-2-1-3-5-16)27-12-10-18(14-27)22-25-20-15-28(24(31)17-7-8-17)13-11-19(20)23(30)26-22/h1-5,17-18H,6-15H2,(H,25,26,30)/t18-/m0/s1. The van der Waals surface area contributed by atoms with Crippen LogP contribution in [0.4, 0.5) is 0 Å². The Bertz CT molecular complexity index is 1040. The number of hydrogen-bond donors (Lipinski definition) is 1. The number of H-pyrrole nitrogens is 1. The molecule has 1 atom stereocenters. The molecule has 3 aliphatic rings. The van der Waals surface area contributed by atoms with E-state index in [9.17, 15) is 14.4 Å². The first-order chi connectivity index (χ1) is 15.1. The third-order valence-electron chi connectivity index (χ3n) is 6.73. The molecule has 1 aliphatic carbocycles. The average molecular weight is 421 g/mol. The van der Waals surface area contributed by atoms with Gasteiger partial charge in [0.25, 0.3) is 5.56 Å². The van der Waals surface area contributed by atoms with Crippen molar-refractivity contribution in [2.45, 2.75) is 51.0 Å². The van der Waals surface area contributed by atoms with Crippen LogP contribution >= 0.6 is 0 Å². The molecule has 1 saturated heterocycles. The Balaban J connectivity index is 1.24. The van der Waals surface area contributed by atoms with Crippen LogP contribution in [-0.4, -0.2) is 51.2 Å². The van der Waals surface area contributed by atoms with Crippen LogP contribution in [0.5, 0.6) is 0 Å². The Morgan fingerprint density at radius 1 is 1.06 bits per heavy atom. The molecule has 3 heterocycles. The SMILES string of the molecule is O=C(CCc1ccccc1)N1CC[C@H](c2nc3c(c(=O)[nH]2)CCN(C(=O)C2CC2)C3)C1. The Morgan fingerprint density at radius 3 is 2.65 bits per heavy atom. The number of benzene rings is 1. The number of carbonyl (C=O) groups excluding carboxylic acids is 2. The molecule has 2 aliphatic heterocycles. The lowest BCUT2D eigenvalue weighted by Gasteiger charge is -2.28. The lowest BCUT2D eigenvalue weighted by atomic mass is 10.0. The van der Waals surface area contributed by atoms with Gasteiger partial charge in [0.05, 0.1) is 12.2 Å². The quantitative estimate of drug-likeness (QED) is 0.802. The molecule has 1 saturated carbocycles. The number of carbonyl (C=O) groups is 2. The normalized spacial score (nSPS) is 20.6. The van der Waals surface area contributed by atoms with E-state index in [-0.39, 0.29) is 29.2 Å². The summed E-state index contributed by atoms with van der Waals surface area (Å²) in [6.07, 6.45) is 4.54. The summed E-state index contributed by atoms with van der Waals surface area (Å²) in [5.41, 5.74) is 2.51. The highest BCUT2D eigenvalue weighted by molar-refractivity contribution is 5.81. The number of aromatic amines is 1. The fourth-order valence-electron chi connectivity index (χ4n) is 4.69. The lowest BCUT2D eigenvalue weighted by molar-refractivity contribution is -0.133. The molecular weight excluding hydrogens is 392 g/mol. The highest BCUT2D eigenvalue weighted by Gasteiger charge is 2.36. The molecule has 1 aromatic carbocycles. The number of hydrogen-bond acceptors (Lipinski definition) is 4. The van der Waals surface area contributed by atoms with Crippen LogP contribution in [0.25, 0.3) is 0 Å². The Hall–Kier alpha value is -2.96. The van der Waals surface area contributed by atoms with E-state index in [1.54, 1.807) is 0 Å². The zero-order valence-electron chi connectivity index (χ0n) is 17.7. The molecule has 162 valence electrons. The van der Waals surface area contributed by atoms with Crippen LogP contribution in [0.2, 0.25) is 0 Å². The molecule has 1 aromatic heterocycles. The van der Waals surface area contributed by atoms with Crippen molar-refractivity contribution in [1.82, 2.24) is 19.8 Å². The Kier molecular flexibility index (Phi) is 5.34. The minimum Gasteiger partial charge on any atom is -0.342 e. The van der Waals surface area contributed by atoms with Gasteiger partial charge in [0.2, 0.25) is 11.8 Å². The fourth-order valence-corrected chi connectivity index (χ4v) is 4.69. The largest absolute Gasteiger partial charge is 0.342 e. The predicted octanol–water partition coefficient (Wildman–Crippen LogP) is 2.01. The van der Waals surface area contributed by atoms with E-state index in [1.807, 2.05) is 40.1 Å². The van der Waals surface area contributed by atoms with Gasteiger partial charge >= 0.3 is 0 Å². The minimum atomic E-state index is -0.0904. The monoisotopic (exact) mass is 420 g/mol. The van der Waals surface area contributed by atoms with Crippen LogP contribution in [0.1, 0.15) is 54.2 Å². The van der Waals surface area contributed by atoms with E-state index >= 15 is 0 Å². The summed E-state index contributed by atoms with van der Waals surface area (Å²) >= 11 is 0. The molecular formula is C24H28N4O3. The van der Waals surface area contributed by atoms with Gasteiger partial charge in [-0.15, -0.1) is 0 Å². The third kappa shape index (κ3) is 4.27. The van der Waals surface area contributed by atoms with Gasteiger partial charge in [-0.25, -0.2) is 4.98 Å². The molecule has 2 fully saturated rings. The topological polar surface area (TPSA) is 86.4 Å². The summed E-state index contributed by atoms with van der Waals surface area (Å²) in [6, 6.07) is 10.0. The van der Waals surface area contributed by atoms with Gasteiger partial charge in [0.15, 0.2) is 0 Å². The zero-order valence-corrected chi connectivity index (χ0v) is 17.7. The van der Waals surface area contributed by atoms with Crippen molar-refractivity contribution in [2.24, 2.45) is 5.92 Å². The first-order valence-corrected chi connectivity index (χ1v) is 11.3. The molecule has 2 amide bonds. The maximum atomic E-state index is 12.7. The second kappa shape index (κ2) is 8.29. The van der Waals surface area contributed by atoms with Crippen LogP contribution in [0.3, 0.4) is 0 Å². The maximum Gasteiger partial charge on any atom is 0.254 e. The molecule has 31 heavy (non-hydrogen) atoms. The van der Waals surface area contributed by atoms with Crippen LogP contribution < -0.4 is 5.56 Å². The van der Waals surface area contributed by atoms with Gasteiger partial charge in [-0.1, -0.05) is 30.3 Å². The summed E-state index contributed by atoms with van der Waals surface area (Å²) in [5.74, 6) is 1.21. The fraction of sp³-hybridized carbons (Fsp3) is 0.500. The van der Waals surface area contributed by atoms with Gasteiger partial charge in [-0.2, -0.15) is 0 Å². The van der Waals surface area contributed by atoms with Crippen molar-refractivity contribution in [3.63, 3.8) is 0 Å².